The number of fused-ring (bicyclic) bond motifs is 2. The Balaban J connectivity index is 1.59. The third-order valence-electron chi connectivity index (χ3n) is 5.14. The van der Waals surface area contributed by atoms with Crippen molar-refractivity contribution in [2.75, 3.05) is 11.1 Å². The van der Waals surface area contributed by atoms with Crippen molar-refractivity contribution < 1.29 is 9.59 Å². The lowest BCUT2D eigenvalue weighted by Gasteiger charge is -2.14. The first-order valence-electron chi connectivity index (χ1n) is 10.0. The molecule has 1 N–H and O–H groups in total. The summed E-state index contributed by atoms with van der Waals surface area (Å²) in [6.07, 6.45) is 1.15. The van der Waals surface area contributed by atoms with E-state index in [0.29, 0.717) is 40.5 Å². The second-order valence-corrected chi connectivity index (χ2v) is 8.80. The number of carbonyl (C=O) groups is 2. The lowest BCUT2D eigenvalue weighted by atomic mass is 10.1. The van der Waals surface area contributed by atoms with Crippen LogP contribution < -0.4 is 10.9 Å². The van der Waals surface area contributed by atoms with Crippen molar-refractivity contribution in [3.8, 4) is 0 Å². The summed E-state index contributed by atoms with van der Waals surface area (Å²) in [5.41, 5.74) is 2.74. The number of nitrogens with one attached hydrogen (secondary N) is 1. The SMILES string of the molecule is CC(C)CCn1c(SCC(=O)c2ccc3c(c2)CC(=O)N3)nc2ccccc2c1=O. The van der Waals surface area contributed by atoms with Gasteiger partial charge in [-0.15, -0.1) is 0 Å². The largest absolute Gasteiger partial charge is 0.326 e. The minimum Gasteiger partial charge on any atom is -0.326 e. The molecule has 6 nitrogen and oxygen atoms in total. The Hall–Kier alpha value is -2.93. The van der Waals surface area contributed by atoms with Crippen molar-refractivity contribution in [1.82, 2.24) is 9.55 Å². The molecular formula is C23H23N3O3S. The van der Waals surface area contributed by atoms with Gasteiger partial charge in [-0.3, -0.25) is 19.0 Å². The van der Waals surface area contributed by atoms with E-state index in [1.807, 2.05) is 18.2 Å². The first-order valence-corrected chi connectivity index (χ1v) is 11.0. The van der Waals surface area contributed by atoms with E-state index in [0.717, 1.165) is 17.7 Å². The highest BCUT2D eigenvalue weighted by atomic mass is 32.2. The maximum atomic E-state index is 13.0. The molecule has 1 aliphatic rings. The molecule has 154 valence electrons. The maximum Gasteiger partial charge on any atom is 0.262 e. The van der Waals surface area contributed by atoms with Crippen LogP contribution in [-0.2, 0) is 17.8 Å². The van der Waals surface area contributed by atoms with E-state index in [4.69, 9.17) is 0 Å². The molecule has 0 saturated carbocycles. The number of rotatable bonds is 7. The van der Waals surface area contributed by atoms with Crippen LogP contribution in [0.5, 0.6) is 0 Å². The number of carbonyl (C=O) groups excluding carboxylic acids is 2. The van der Waals surface area contributed by atoms with Crippen LogP contribution in [0.15, 0.2) is 52.4 Å². The monoisotopic (exact) mass is 421 g/mol. The van der Waals surface area contributed by atoms with Gasteiger partial charge < -0.3 is 5.32 Å². The third kappa shape index (κ3) is 4.16. The van der Waals surface area contributed by atoms with Crippen molar-refractivity contribution in [3.63, 3.8) is 0 Å². The summed E-state index contributed by atoms with van der Waals surface area (Å²) in [4.78, 5) is 42.0. The number of benzene rings is 2. The van der Waals surface area contributed by atoms with Crippen LogP contribution in [0.25, 0.3) is 10.9 Å². The van der Waals surface area contributed by atoms with Crippen LogP contribution in [0.2, 0.25) is 0 Å². The summed E-state index contributed by atoms with van der Waals surface area (Å²) in [5.74, 6) is 0.510. The fourth-order valence-electron chi connectivity index (χ4n) is 3.46. The Morgan fingerprint density at radius 2 is 2.00 bits per heavy atom. The van der Waals surface area contributed by atoms with E-state index >= 15 is 0 Å². The molecule has 1 aliphatic heterocycles. The van der Waals surface area contributed by atoms with Gasteiger partial charge in [0.15, 0.2) is 10.9 Å². The number of para-hydroxylation sites is 1. The zero-order valence-corrected chi connectivity index (χ0v) is 17.8. The minimum absolute atomic E-state index is 0.0556. The van der Waals surface area contributed by atoms with E-state index in [9.17, 15) is 14.4 Å². The quantitative estimate of drug-likeness (QED) is 0.355. The lowest BCUT2D eigenvalue weighted by Crippen LogP contribution is -2.24. The molecule has 0 aliphatic carbocycles. The first-order chi connectivity index (χ1) is 14.4. The number of hydrogen-bond acceptors (Lipinski definition) is 5. The number of hydrogen-bond donors (Lipinski definition) is 1. The molecule has 0 fully saturated rings. The fraction of sp³-hybridized carbons (Fsp3) is 0.304. The molecule has 0 bridgehead atoms. The summed E-state index contributed by atoms with van der Waals surface area (Å²) >= 11 is 1.28. The van der Waals surface area contributed by atoms with E-state index in [2.05, 4.69) is 24.1 Å². The number of Topliss-reactive ketones (excluding diaryl/α,β-unsaturated/α-hetero) is 1. The number of ketones is 1. The summed E-state index contributed by atoms with van der Waals surface area (Å²) in [6.45, 7) is 4.80. The molecule has 0 atom stereocenters. The molecular weight excluding hydrogens is 398 g/mol. The predicted octanol–water partition coefficient (Wildman–Crippen LogP) is 3.91. The van der Waals surface area contributed by atoms with Gasteiger partial charge in [-0.25, -0.2) is 4.98 Å². The summed E-state index contributed by atoms with van der Waals surface area (Å²) in [5, 5.41) is 3.92. The Morgan fingerprint density at radius 1 is 1.20 bits per heavy atom. The van der Waals surface area contributed by atoms with Gasteiger partial charge in [0, 0.05) is 17.8 Å². The van der Waals surface area contributed by atoms with Crippen LogP contribution in [0.4, 0.5) is 5.69 Å². The molecule has 0 saturated heterocycles. The summed E-state index contributed by atoms with van der Waals surface area (Å²) in [6, 6.07) is 12.6. The average molecular weight is 422 g/mol. The standard InChI is InChI=1S/C23H23N3O3S/c1-14(2)9-10-26-22(29)17-5-3-4-6-19(17)25-23(26)30-13-20(27)15-7-8-18-16(11-15)12-21(28)24-18/h3-8,11,14H,9-10,12-13H2,1-2H3,(H,24,28). The van der Waals surface area contributed by atoms with Gasteiger partial charge in [-0.05, 0) is 48.2 Å². The Labute approximate surface area is 178 Å². The van der Waals surface area contributed by atoms with Crippen molar-refractivity contribution in [2.24, 2.45) is 5.92 Å². The van der Waals surface area contributed by atoms with Crippen molar-refractivity contribution in [1.29, 1.82) is 0 Å². The zero-order valence-electron chi connectivity index (χ0n) is 17.0. The molecule has 1 aromatic heterocycles. The van der Waals surface area contributed by atoms with E-state index in [1.165, 1.54) is 11.8 Å². The number of aromatic nitrogens is 2. The highest BCUT2D eigenvalue weighted by Crippen LogP contribution is 2.25. The van der Waals surface area contributed by atoms with E-state index < -0.39 is 0 Å². The van der Waals surface area contributed by atoms with Crippen molar-refractivity contribution in [3.05, 3.63) is 63.9 Å². The normalized spacial score (nSPS) is 13.0. The van der Waals surface area contributed by atoms with Crippen LogP contribution in [0.3, 0.4) is 0 Å². The van der Waals surface area contributed by atoms with Gasteiger partial charge in [0.25, 0.3) is 5.56 Å². The molecule has 2 aromatic carbocycles. The smallest absolute Gasteiger partial charge is 0.262 e. The topological polar surface area (TPSA) is 81.1 Å². The number of thioether (sulfide) groups is 1. The number of nitrogens with zero attached hydrogens (tertiary/aromatic N) is 2. The third-order valence-corrected chi connectivity index (χ3v) is 6.12. The zero-order chi connectivity index (χ0) is 21.3. The fourth-order valence-corrected chi connectivity index (χ4v) is 4.38. The molecule has 4 rings (SSSR count). The molecule has 0 radical (unpaired) electrons. The van der Waals surface area contributed by atoms with Gasteiger partial charge in [0.1, 0.15) is 0 Å². The Kier molecular flexibility index (Phi) is 5.72. The molecule has 7 heteroatoms. The summed E-state index contributed by atoms with van der Waals surface area (Å²) in [7, 11) is 0. The van der Waals surface area contributed by atoms with Gasteiger partial charge in [0.05, 0.1) is 23.1 Å². The van der Waals surface area contributed by atoms with Gasteiger partial charge in [-0.2, -0.15) is 0 Å². The van der Waals surface area contributed by atoms with Crippen LogP contribution >= 0.6 is 11.8 Å². The molecule has 1 amide bonds. The minimum atomic E-state index is -0.0710. The highest BCUT2D eigenvalue weighted by molar-refractivity contribution is 7.99. The number of anilines is 1. The lowest BCUT2D eigenvalue weighted by molar-refractivity contribution is -0.115. The predicted molar refractivity (Wildman–Crippen MR) is 119 cm³/mol. The average Bonchev–Trinajstić information content (AvgIpc) is 3.10. The van der Waals surface area contributed by atoms with Gasteiger partial charge >= 0.3 is 0 Å². The summed E-state index contributed by atoms with van der Waals surface area (Å²) < 4.78 is 1.69. The van der Waals surface area contributed by atoms with Crippen LogP contribution in [0.1, 0.15) is 36.2 Å². The second-order valence-electron chi connectivity index (χ2n) is 7.86. The van der Waals surface area contributed by atoms with Crippen LogP contribution in [-0.4, -0.2) is 27.0 Å². The molecule has 0 unspecified atom stereocenters. The van der Waals surface area contributed by atoms with Gasteiger partial charge in [0.2, 0.25) is 5.91 Å². The van der Waals surface area contributed by atoms with Crippen LogP contribution in [0, 0.1) is 5.92 Å². The second kappa shape index (κ2) is 8.44. The van der Waals surface area contributed by atoms with E-state index in [1.54, 1.807) is 28.8 Å². The van der Waals surface area contributed by atoms with Crippen molar-refractivity contribution in [2.45, 2.75) is 38.4 Å². The Bertz CT molecular complexity index is 1200. The maximum absolute atomic E-state index is 13.0. The first kappa shape index (κ1) is 20.3. The Morgan fingerprint density at radius 3 is 2.80 bits per heavy atom. The molecule has 2 heterocycles. The van der Waals surface area contributed by atoms with Crippen molar-refractivity contribution >= 4 is 40.0 Å². The molecule has 3 aromatic rings. The van der Waals surface area contributed by atoms with Gasteiger partial charge in [-0.1, -0.05) is 37.7 Å². The molecule has 0 spiro atoms. The highest BCUT2D eigenvalue weighted by Gasteiger charge is 2.20. The van der Waals surface area contributed by atoms with E-state index in [-0.39, 0.29) is 23.0 Å². The number of amides is 1. The molecule has 30 heavy (non-hydrogen) atoms.